The Morgan fingerprint density at radius 2 is 1.93 bits per heavy atom. The summed E-state index contributed by atoms with van der Waals surface area (Å²) in [6, 6.07) is 12.1. The molecule has 0 aliphatic carbocycles. The zero-order chi connectivity index (χ0) is 20.4. The number of hydrogen-bond donors (Lipinski definition) is 0. The van der Waals surface area contributed by atoms with Gasteiger partial charge in [0.2, 0.25) is 0 Å². The zero-order valence-electron chi connectivity index (χ0n) is 17.3. The molecule has 152 valence electrons. The zero-order valence-corrected chi connectivity index (χ0v) is 18.1. The maximum absolute atomic E-state index is 13.4. The Morgan fingerprint density at radius 3 is 2.69 bits per heavy atom. The smallest absolute Gasteiger partial charge is 0.260 e. The Hall–Kier alpha value is -2.28. The Labute approximate surface area is 175 Å². The molecule has 1 fully saturated rings. The first kappa shape index (κ1) is 20.0. The molecule has 5 nitrogen and oxygen atoms in total. The average Bonchev–Trinajstić information content (AvgIpc) is 3.13. The third-order valence-corrected chi connectivity index (χ3v) is 6.52. The van der Waals surface area contributed by atoms with Crippen molar-refractivity contribution >= 4 is 32.6 Å². The van der Waals surface area contributed by atoms with E-state index in [4.69, 9.17) is 9.72 Å². The van der Waals surface area contributed by atoms with Crippen LogP contribution in [0.3, 0.4) is 0 Å². The number of carbonyl (C=O) groups excluding carboxylic acids is 1. The summed E-state index contributed by atoms with van der Waals surface area (Å²) < 4.78 is 6.60. The lowest BCUT2D eigenvalue weighted by atomic mass is 10.1. The lowest BCUT2D eigenvalue weighted by Crippen LogP contribution is -2.43. The minimum Gasteiger partial charge on any atom is -0.379 e. The summed E-state index contributed by atoms with van der Waals surface area (Å²) >= 11 is 1.61. The van der Waals surface area contributed by atoms with Crippen LogP contribution in [0.4, 0.5) is 5.13 Å². The summed E-state index contributed by atoms with van der Waals surface area (Å²) in [4.78, 5) is 22.5. The predicted octanol–water partition coefficient (Wildman–Crippen LogP) is 4.20. The number of ether oxygens (including phenoxy) is 1. The molecule has 6 heteroatoms. The molecular formula is C23H27N3O2S. The van der Waals surface area contributed by atoms with Crippen molar-refractivity contribution in [3.05, 3.63) is 58.7 Å². The first-order valence-corrected chi connectivity index (χ1v) is 10.9. The molecular weight excluding hydrogens is 382 g/mol. The first-order valence-electron chi connectivity index (χ1n) is 10.1. The normalized spacial score (nSPS) is 15.0. The van der Waals surface area contributed by atoms with E-state index >= 15 is 0 Å². The van der Waals surface area contributed by atoms with Crippen molar-refractivity contribution < 1.29 is 9.53 Å². The van der Waals surface area contributed by atoms with Gasteiger partial charge in [0.1, 0.15) is 0 Å². The summed E-state index contributed by atoms with van der Waals surface area (Å²) in [5.74, 6) is 0.00962. The Morgan fingerprint density at radius 1 is 1.14 bits per heavy atom. The van der Waals surface area contributed by atoms with E-state index in [0.717, 1.165) is 53.8 Å². The van der Waals surface area contributed by atoms with E-state index in [0.29, 0.717) is 12.1 Å². The lowest BCUT2D eigenvalue weighted by molar-refractivity contribution is 0.0391. The van der Waals surface area contributed by atoms with Crippen molar-refractivity contribution in [2.24, 2.45) is 0 Å². The van der Waals surface area contributed by atoms with Crippen LogP contribution in [0.2, 0.25) is 0 Å². The minimum absolute atomic E-state index is 0.00962. The van der Waals surface area contributed by atoms with Crippen LogP contribution in [-0.4, -0.2) is 55.2 Å². The van der Waals surface area contributed by atoms with Crippen LogP contribution in [0.1, 0.15) is 27.0 Å². The van der Waals surface area contributed by atoms with Crippen LogP contribution in [0.25, 0.3) is 10.2 Å². The number of nitrogens with zero attached hydrogens (tertiary/aromatic N) is 3. The number of anilines is 1. The summed E-state index contributed by atoms with van der Waals surface area (Å²) in [7, 11) is 0. The molecule has 1 amide bonds. The van der Waals surface area contributed by atoms with Gasteiger partial charge in [-0.05, 0) is 50.1 Å². The largest absolute Gasteiger partial charge is 0.379 e. The molecule has 2 heterocycles. The molecule has 0 spiro atoms. The number of rotatable bonds is 5. The number of fused-ring (bicyclic) bond motifs is 1. The van der Waals surface area contributed by atoms with Crippen LogP contribution < -0.4 is 4.90 Å². The second kappa shape index (κ2) is 8.61. The van der Waals surface area contributed by atoms with Gasteiger partial charge < -0.3 is 4.74 Å². The third kappa shape index (κ3) is 4.50. The molecule has 0 bridgehead atoms. The molecule has 0 saturated carbocycles. The van der Waals surface area contributed by atoms with Crippen LogP contribution in [0.5, 0.6) is 0 Å². The minimum atomic E-state index is 0.00962. The standard InChI is InChI=1S/C23H27N3O2S/c1-16-5-4-6-19(14-16)22(27)26(8-7-25-9-11-28-12-10-25)23-24-20-15-17(2)13-18(3)21(20)29-23/h4-6,13-15H,7-12H2,1-3H3. The van der Waals surface area contributed by atoms with E-state index < -0.39 is 0 Å². The topological polar surface area (TPSA) is 45.7 Å². The first-order chi connectivity index (χ1) is 14.0. The lowest BCUT2D eigenvalue weighted by Gasteiger charge is -2.29. The van der Waals surface area contributed by atoms with Gasteiger partial charge in [-0.2, -0.15) is 0 Å². The van der Waals surface area contributed by atoms with Crippen LogP contribution in [0.15, 0.2) is 36.4 Å². The van der Waals surface area contributed by atoms with E-state index in [1.807, 2.05) is 36.1 Å². The van der Waals surface area contributed by atoms with Crippen molar-refractivity contribution in [1.29, 1.82) is 0 Å². The third-order valence-electron chi connectivity index (χ3n) is 5.29. The molecule has 1 aromatic heterocycles. The maximum atomic E-state index is 13.4. The summed E-state index contributed by atoms with van der Waals surface area (Å²) in [6.45, 7) is 11.0. The molecule has 0 radical (unpaired) electrons. The van der Waals surface area contributed by atoms with E-state index in [2.05, 4.69) is 30.9 Å². The van der Waals surface area contributed by atoms with Gasteiger partial charge >= 0.3 is 0 Å². The van der Waals surface area contributed by atoms with E-state index in [1.54, 1.807) is 11.3 Å². The Kier molecular flexibility index (Phi) is 5.94. The molecule has 3 aromatic rings. The molecule has 1 saturated heterocycles. The van der Waals surface area contributed by atoms with Crippen LogP contribution in [-0.2, 0) is 4.74 Å². The maximum Gasteiger partial charge on any atom is 0.260 e. The van der Waals surface area contributed by atoms with Crippen molar-refractivity contribution in [3.8, 4) is 0 Å². The highest BCUT2D eigenvalue weighted by Gasteiger charge is 2.23. The SMILES string of the molecule is Cc1cccc(C(=O)N(CCN2CCOCC2)c2nc3cc(C)cc(C)c3s2)c1. The molecule has 29 heavy (non-hydrogen) atoms. The van der Waals surface area contributed by atoms with Crippen LogP contribution in [0, 0.1) is 20.8 Å². The quantitative estimate of drug-likeness (QED) is 0.634. The van der Waals surface area contributed by atoms with Gasteiger partial charge in [-0.1, -0.05) is 35.1 Å². The molecule has 0 unspecified atom stereocenters. The number of hydrogen-bond acceptors (Lipinski definition) is 5. The van der Waals surface area contributed by atoms with Crippen molar-refractivity contribution in [2.45, 2.75) is 20.8 Å². The van der Waals surface area contributed by atoms with Gasteiger partial charge in [0, 0.05) is 31.7 Å². The summed E-state index contributed by atoms with van der Waals surface area (Å²) in [5, 5.41) is 0.772. The monoisotopic (exact) mass is 409 g/mol. The van der Waals surface area contributed by atoms with Crippen molar-refractivity contribution in [2.75, 3.05) is 44.3 Å². The van der Waals surface area contributed by atoms with Crippen molar-refractivity contribution in [3.63, 3.8) is 0 Å². The second-order valence-electron chi connectivity index (χ2n) is 7.71. The molecule has 0 atom stereocenters. The fourth-order valence-corrected chi connectivity index (χ4v) is 4.80. The number of aromatic nitrogens is 1. The second-order valence-corrected chi connectivity index (χ2v) is 8.68. The molecule has 2 aromatic carbocycles. The van der Waals surface area contributed by atoms with Crippen LogP contribution >= 0.6 is 11.3 Å². The number of aryl methyl sites for hydroxylation is 3. The number of carbonyl (C=O) groups is 1. The van der Waals surface area contributed by atoms with Gasteiger partial charge in [0.25, 0.3) is 5.91 Å². The predicted molar refractivity (Wildman–Crippen MR) is 119 cm³/mol. The molecule has 0 N–H and O–H groups in total. The van der Waals surface area contributed by atoms with Gasteiger partial charge in [-0.15, -0.1) is 0 Å². The molecule has 1 aliphatic heterocycles. The Balaban J connectivity index is 1.67. The van der Waals surface area contributed by atoms with Crippen molar-refractivity contribution in [1.82, 2.24) is 9.88 Å². The number of amides is 1. The average molecular weight is 410 g/mol. The van der Waals surface area contributed by atoms with Gasteiger partial charge in [-0.25, -0.2) is 4.98 Å². The number of benzene rings is 2. The van der Waals surface area contributed by atoms with E-state index in [1.165, 1.54) is 11.1 Å². The molecule has 4 rings (SSSR count). The van der Waals surface area contributed by atoms with Gasteiger partial charge in [0.15, 0.2) is 5.13 Å². The summed E-state index contributed by atoms with van der Waals surface area (Å²) in [5.41, 5.74) is 5.16. The van der Waals surface area contributed by atoms with E-state index in [-0.39, 0.29) is 5.91 Å². The molecule has 1 aliphatic rings. The van der Waals surface area contributed by atoms with Gasteiger partial charge in [0.05, 0.1) is 23.4 Å². The number of thiazole rings is 1. The van der Waals surface area contributed by atoms with Gasteiger partial charge in [-0.3, -0.25) is 14.6 Å². The number of morpholine rings is 1. The fraction of sp³-hybridized carbons (Fsp3) is 0.391. The fourth-order valence-electron chi connectivity index (χ4n) is 3.76. The highest BCUT2D eigenvalue weighted by Crippen LogP contribution is 2.32. The Bertz CT molecular complexity index is 1020. The highest BCUT2D eigenvalue weighted by atomic mass is 32.1. The highest BCUT2D eigenvalue weighted by molar-refractivity contribution is 7.22. The van der Waals surface area contributed by atoms with E-state index in [9.17, 15) is 4.79 Å². The summed E-state index contributed by atoms with van der Waals surface area (Å²) in [6.07, 6.45) is 0.